The molecule has 1 unspecified atom stereocenters. The molecule has 0 bridgehead atoms. The quantitative estimate of drug-likeness (QED) is 0.537. The van der Waals surface area contributed by atoms with Gasteiger partial charge in [0.1, 0.15) is 0 Å². The lowest BCUT2D eigenvalue weighted by molar-refractivity contribution is 0.572. The van der Waals surface area contributed by atoms with Crippen molar-refractivity contribution in [2.24, 2.45) is 0 Å². The minimum Gasteiger partial charge on any atom is -0.361 e. The van der Waals surface area contributed by atoms with Crippen molar-refractivity contribution in [3.63, 3.8) is 0 Å². The van der Waals surface area contributed by atoms with Gasteiger partial charge in [0.2, 0.25) is 10.0 Å². The van der Waals surface area contributed by atoms with Crippen molar-refractivity contribution in [2.75, 3.05) is 0 Å². The van der Waals surface area contributed by atoms with Crippen LogP contribution < -0.4 is 4.72 Å². The van der Waals surface area contributed by atoms with Crippen LogP contribution in [0.4, 0.5) is 0 Å². The highest BCUT2D eigenvalue weighted by molar-refractivity contribution is 7.89. The summed E-state index contributed by atoms with van der Waals surface area (Å²) in [6, 6.07) is 23.7. The van der Waals surface area contributed by atoms with Gasteiger partial charge in [0, 0.05) is 17.1 Å². The van der Waals surface area contributed by atoms with E-state index in [9.17, 15) is 8.42 Å². The van der Waals surface area contributed by atoms with Crippen LogP contribution in [-0.2, 0) is 10.0 Å². The molecule has 0 amide bonds. The standard InChI is InChI=1S/C22H20N2O2S/c1-16-12-13-21-19(14-16)20(15-23-21)22(17-8-4-2-5-9-17)24-27(25,26)18-10-6-3-7-11-18/h2-15,22-24H,1H3. The predicted molar refractivity (Wildman–Crippen MR) is 108 cm³/mol. The van der Waals surface area contributed by atoms with Crippen LogP contribution in [0.3, 0.4) is 0 Å². The van der Waals surface area contributed by atoms with E-state index in [2.05, 4.69) is 15.8 Å². The van der Waals surface area contributed by atoms with Crippen molar-refractivity contribution in [3.8, 4) is 0 Å². The Morgan fingerprint density at radius 1 is 0.889 bits per heavy atom. The molecule has 0 fully saturated rings. The Morgan fingerprint density at radius 3 is 2.26 bits per heavy atom. The number of hydrogen-bond acceptors (Lipinski definition) is 2. The van der Waals surface area contributed by atoms with Gasteiger partial charge in [-0.25, -0.2) is 8.42 Å². The Balaban J connectivity index is 1.84. The van der Waals surface area contributed by atoms with Gasteiger partial charge in [0.15, 0.2) is 0 Å². The lowest BCUT2D eigenvalue weighted by Crippen LogP contribution is -2.29. The Labute approximate surface area is 158 Å². The van der Waals surface area contributed by atoms with Crippen LogP contribution in [0.15, 0.2) is 90.0 Å². The van der Waals surface area contributed by atoms with E-state index in [0.29, 0.717) is 0 Å². The monoisotopic (exact) mass is 376 g/mol. The van der Waals surface area contributed by atoms with Crippen molar-refractivity contribution in [3.05, 3.63) is 102 Å². The predicted octanol–water partition coefficient (Wildman–Crippen LogP) is 4.54. The van der Waals surface area contributed by atoms with E-state index >= 15 is 0 Å². The number of hydrogen-bond donors (Lipinski definition) is 2. The average Bonchev–Trinajstić information content (AvgIpc) is 3.10. The first kappa shape index (κ1) is 17.5. The highest BCUT2D eigenvalue weighted by atomic mass is 32.2. The largest absolute Gasteiger partial charge is 0.361 e. The third-order valence-corrected chi connectivity index (χ3v) is 6.08. The summed E-state index contributed by atoms with van der Waals surface area (Å²) in [7, 11) is -3.68. The Morgan fingerprint density at radius 2 is 1.56 bits per heavy atom. The van der Waals surface area contributed by atoms with Crippen molar-refractivity contribution in [1.29, 1.82) is 0 Å². The molecule has 2 N–H and O–H groups in total. The van der Waals surface area contributed by atoms with Crippen LogP contribution >= 0.6 is 0 Å². The molecule has 4 nitrogen and oxygen atoms in total. The Bertz CT molecular complexity index is 1170. The molecule has 0 radical (unpaired) electrons. The SMILES string of the molecule is Cc1ccc2[nH]cc(C(NS(=O)(=O)c3ccccc3)c3ccccc3)c2c1. The van der Waals surface area contributed by atoms with Gasteiger partial charge in [-0.2, -0.15) is 4.72 Å². The molecule has 1 atom stereocenters. The third-order valence-electron chi connectivity index (χ3n) is 4.64. The number of sulfonamides is 1. The minimum absolute atomic E-state index is 0.252. The van der Waals surface area contributed by atoms with E-state index in [1.54, 1.807) is 30.3 Å². The van der Waals surface area contributed by atoms with Crippen molar-refractivity contribution in [1.82, 2.24) is 9.71 Å². The van der Waals surface area contributed by atoms with E-state index in [0.717, 1.165) is 27.6 Å². The number of fused-ring (bicyclic) bond motifs is 1. The zero-order valence-electron chi connectivity index (χ0n) is 14.9. The maximum atomic E-state index is 13.0. The van der Waals surface area contributed by atoms with Crippen LogP contribution in [0.1, 0.15) is 22.7 Å². The normalized spacial score (nSPS) is 12.9. The molecule has 0 aliphatic heterocycles. The molecule has 27 heavy (non-hydrogen) atoms. The topological polar surface area (TPSA) is 62.0 Å². The van der Waals surface area contributed by atoms with Gasteiger partial charge in [-0.1, -0.05) is 60.2 Å². The molecule has 5 heteroatoms. The number of aromatic amines is 1. The molecule has 1 aromatic heterocycles. The lowest BCUT2D eigenvalue weighted by Gasteiger charge is -2.19. The van der Waals surface area contributed by atoms with Crippen LogP contribution in [0.2, 0.25) is 0 Å². The van der Waals surface area contributed by atoms with Crippen molar-refractivity contribution < 1.29 is 8.42 Å². The van der Waals surface area contributed by atoms with Crippen LogP contribution in [0.25, 0.3) is 10.9 Å². The summed E-state index contributed by atoms with van der Waals surface area (Å²) >= 11 is 0. The zero-order valence-corrected chi connectivity index (χ0v) is 15.7. The van der Waals surface area contributed by atoms with Gasteiger partial charge in [0.05, 0.1) is 10.9 Å². The average molecular weight is 376 g/mol. The molecule has 4 rings (SSSR count). The molecule has 1 heterocycles. The van der Waals surface area contributed by atoms with E-state index in [4.69, 9.17) is 0 Å². The van der Waals surface area contributed by atoms with Crippen LogP contribution in [0.5, 0.6) is 0 Å². The first-order chi connectivity index (χ1) is 13.0. The second-order valence-corrected chi connectivity index (χ2v) is 8.29. The molecule has 4 aromatic rings. The number of benzene rings is 3. The second-order valence-electron chi connectivity index (χ2n) is 6.57. The Kier molecular flexibility index (Phi) is 4.56. The van der Waals surface area contributed by atoms with E-state index in [-0.39, 0.29) is 4.90 Å². The molecule has 3 aromatic carbocycles. The second kappa shape index (κ2) is 7.02. The number of aryl methyl sites for hydroxylation is 1. The van der Waals surface area contributed by atoms with Gasteiger partial charge in [-0.3, -0.25) is 0 Å². The molecular weight excluding hydrogens is 356 g/mol. The summed E-state index contributed by atoms with van der Waals surface area (Å²) in [5.41, 5.74) is 3.90. The third kappa shape index (κ3) is 3.52. The van der Waals surface area contributed by atoms with Crippen LogP contribution in [0, 0.1) is 6.92 Å². The van der Waals surface area contributed by atoms with E-state index < -0.39 is 16.1 Å². The summed E-state index contributed by atoms with van der Waals surface area (Å²) in [5, 5.41) is 1.01. The first-order valence-electron chi connectivity index (χ1n) is 8.74. The number of nitrogens with one attached hydrogen (secondary N) is 2. The van der Waals surface area contributed by atoms with Crippen LogP contribution in [-0.4, -0.2) is 13.4 Å². The molecule has 0 aliphatic rings. The highest BCUT2D eigenvalue weighted by Gasteiger charge is 2.24. The van der Waals surface area contributed by atoms with Gasteiger partial charge in [-0.15, -0.1) is 0 Å². The summed E-state index contributed by atoms with van der Waals surface area (Å²) in [6.07, 6.45) is 1.88. The summed E-state index contributed by atoms with van der Waals surface area (Å²) in [5.74, 6) is 0. The molecule has 136 valence electrons. The Hall–Kier alpha value is -2.89. The van der Waals surface area contributed by atoms with Gasteiger partial charge >= 0.3 is 0 Å². The molecule has 0 saturated heterocycles. The fraction of sp³-hybridized carbons (Fsp3) is 0.0909. The fourth-order valence-corrected chi connectivity index (χ4v) is 4.50. The van der Waals surface area contributed by atoms with E-state index in [1.807, 2.05) is 55.6 Å². The maximum Gasteiger partial charge on any atom is 0.241 e. The molecule has 0 saturated carbocycles. The van der Waals surface area contributed by atoms with Crippen molar-refractivity contribution >= 4 is 20.9 Å². The van der Waals surface area contributed by atoms with Gasteiger partial charge in [0.25, 0.3) is 0 Å². The molecule has 0 spiro atoms. The number of H-pyrrole nitrogens is 1. The summed E-state index contributed by atoms with van der Waals surface area (Å²) in [4.78, 5) is 3.51. The van der Waals surface area contributed by atoms with Crippen molar-refractivity contribution in [2.45, 2.75) is 17.9 Å². The molecule has 0 aliphatic carbocycles. The summed E-state index contributed by atoms with van der Waals surface area (Å²) < 4.78 is 28.9. The highest BCUT2D eigenvalue weighted by Crippen LogP contribution is 2.31. The van der Waals surface area contributed by atoms with Gasteiger partial charge < -0.3 is 4.98 Å². The fourth-order valence-electron chi connectivity index (χ4n) is 3.27. The zero-order chi connectivity index (χ0) is 18.9. The summed E-state index contributed by atoms with van der Waals surface area (Å²) in [6.45, 7) is 2.03. The smallest absolute Gasteiger partial charge is 0.241 e. The number of rotatable bonds is 5. The lowest BCUT2D eigenvalue weighted by atomic mass is 9.98. The molecular formula is C22H20N2O2S. The van der Waals surface area contributed by atoms with E-state index in [1.165, 1.54) is 0 Å². The first-order valence-corrected chi connectivity index (χ1v) is 10.2. The minimum atomic E-state index is -3.68. The van der Waals surface area contributed by atoms with Gasteiger partial charge in [-0.05, 0) is 42.3 Å². The number of aromatic nitrogens is 1. The maximum absolute atomic E-state index is 13.0.